The highest BCUT2D eigenvalue weighted by atomic mass is 15.3. The average Bonchev–Trinajstić information content (AvgIpc) is 2.54. The van der Waals surface area contributed by atoms with Crippen molar-refractivity contribution in [1.82, 2.24) is 4.90 Å². The molecule has 2 fully saturated rings. The largest absolute Gasteiger partial charge is 0.366 e. The predicted molar refractivity (Wildman–Crippen MR) is 89.1 cm³/mol. The summed E-state index contributed by atoms with van der Waals surface area (Å²) in [5.41, 5.74) is 4.52. The molecular formula is C19H28N2. The second-order valence-electron chi connectivity index (χ2n) is 7.30. The normalized spacial score (nSPS) is 27.3. The molecule has 2 aliphatic heterocycles. The summed E-state index contributed by atoms with van der Waals surface area (Å²) in [7, 11) is 0. The molecule has 1 saturated carbocycles. The fourth-order valence-electron chi connectivity index (χ4n) is 4.74. The molecule has 2 nitrogen and oxygen atoms in total. The Morgan fingerprint density at radius 1 is 0.952 bits per heavy atom. The third kappa shape index (κ3) is 2.59. The molecule has 3 aliphatic rings. The third-order valence-electron chi connectivity index (χ3n) is 5.90. The van der Waals surface area contributed by atoms with Crippen molar-refractivity contribution in [2.45, 2.75) is 64.0 Å². The second-order valence-corrected chi connectivity index (χ2v) is 7.30. The van der Waals surface area contributed by atoms with Crippen molar-refractivity contribution in [3.05, 3.63) is 29.3 Å². The summed E-state index contributed by atoms with van der Waals surface area (Å²) >= 11 is 0. The molecule has 2 heteroatoms. The maximum Gasteiger partial charge on any atom is 0.0421 e. The molecule has 2 heterocycles. The molecule has 1 aromatic rings. The zero-order valence-electron chi connectivity index (χ0n) is 13.4. The van der Waals surface area contributed by atoms with E-state index in [1.165, 1.54) is 75.8 Å². The SMILES string of the molecule is Cc1ccc2c(c1)CCC1CN(C3CCCCC3)CCN21. The van der Waals surface area contributed by atoms with Crippen molar-refractivity contribution in [3.8, 4) is 0 Å². The second kappa shape index (κ2) is 5.64. The summed E-state index contributed by atoms with van der Waals surface area (Å²) in [6, 6.07) is 8.71. The Labute approximate surface area is 129 Å². The van der Waals surface area contributed by atoms with Crippen LogP contribution < -0.4 is 4.90 Å². The van der Waals surface area contributed by atoms with Gasteiger partial charge < -0.3 is 4.90 Å². The minimum atomic E-state index is 0.760. The molecule has 4 rings (SSSR count). The van der Waals surface area contributed by atoms with Gasteiger partial charge >= 0.3 is 0 Å². The zero-order chi connectivity index (χ0) is 14.2. The van der Waals surface area contributed by atoms with Crippen LogP contribution in [0.1, 0.15) is 49.7 Å². The standard InChI is InChI=1S/C19H28N2/c1-15-7-10-19-16(13-15)8-9-18-14-20(11-12-21(18)19)17-5-3-2-4-6-17/h7,10,13,17-18H,2-6,8-9,11-12,14H2,1H3. The molecule has 0 spiro atoms. The molecular weight excluding hydrogens is 256 g/mol. The number of piperazine rings is 1. The number of hydrogen-bond donors (Lipinski definition) is 0. The van der Waals surface area contributed by atoms with Gasteiger partial charge in [0.2, 0.25) is 0 Å². The average molecular weight is 284 g/mol. The first-order chi connectivity index (χ1) is 10.3. The molecule has 1 aliphatic carbocycles. The van der Waals surface area contributed by atoms with E-state index in [2.05, 4.69) is 34.9 Å². The van der Waals surface area contributed by atoms with E-state index in [-0.39, 0.29) is 0 Å². The quantitative estimate of drug-likeness (QED) is 0.774. The van der Waals surface area contributed by atoms with Crippen molar-refractivity contribution in [3.63, 3.8) is 0 Å². The first-order valence-corrected chi connectivity index (χ1v) is 8.91. The summed E-state index contributed by atoms with van der Waals surface area (Å²) in [5.74, 6) is 0. The number of anilines is 1. The Bertz CT molecular complexity index is 504. The molecule has 0 bridgehead atoms. The summed E-state index contributed by atoms with van der Waals surface area (Å²) < 4.78 is 0. The lowest BCUT2D eigenvalue weighted by molar-refractivity contribution is 0.125. The van der Waals surface area contributed by atoms with Crippen LogP contribution in [0.2, 0.25) is 0 Å². The Morgan fingerprint density at radius 3 is 2.67 bits per heavy atom. The predicted octanol–water partition coefficient (Wildman–Crippen LogP) is 3.76. The van der Waals surface area contributed by atoms with Gasteiger partial charge in [0.15, 0.2) is 0 Å². The Hall–Kier alpha value is -1.02. The summed E-state index contributed by atoms with van der Waals surface area (Å²) in [6.07, 6.45) is 9.89. The molecule has 0 radical (unpaired) electrons. The first-order valence-electron chi connectivity index (χ1n) is 8.91. The first kappa shape index (κ1) is 13.6. The summed E-state index contributed by atoms with van der Waals surface area (Å²) in [5, 5.41) is 0. The minimum Gasteiger partial charge on any atom is -0.366 e. The molecule has 1 aromatic carbocycles. The lowest BCUT2D eigenvalue weighted by Gasteiger charge is -2.49. The van der Waals surface area contributed by atoms with Gasteiger partial charge in [-0.3, -0.25) is 4.90 Å². The van der Waals surface area contributed by atoms with Crippen LogP contribution in [0.15, 0.2) is 18.2 Å². The molecule has 0 amide bonds. The highest BCUT2D eigenvalue weighted by molar-refractivity contribution is 5.58. The molecule has 0 aromatic heterocycles. The monoisotopic (exact) mass is 284 g/mol. The van der Waals surface area contributed by atoms with Gasteiger partial charge in [-0.15, -0.1) is 0 Å². The van der Waals surface area contributed by atoms with Gasteiger partial charge in [-0.25, -0.2) is 0 Å². The van der Waals surface area contributed by atoms with E-state index >= 15 is 0 Å². The van der Waals surface area contributed by atoms with E-state index in [0.717, 1.165) is 12.1 Å². The lowest BCUT2D eigenvalue weighted by Crippen LogP contribution is -2.57. The topological polar surface area (TPSA) is 6.48 Å². The van der Waals surface area contributed by atoms with Gasteiger partial charge in [-0.05, 0) is 44.2 Å². The fraction of sp³-hybridized carbons (Fsp3) is 0.684. The van der Waals surface area contributed by atoms with E-state index in [1.54, 1.807) is 5.56 Å². The number of hydrogen-bond acceptors (Lipinski definition) is 2. The number of fused-ring (bicyclic) bond motifs is 3. The maximum atomic E-state index is 2.82. The minimum absolute atomic E-state index is 0.760. The van der Waals surface area contributed by atoms with E-state index < -0.39 is 0 Å². The number of benzene rings is 1. The number of rotatable bonds is 1. The maximum absolute atomic E-state index is 2.82. The molecule has 1 saturated heterocycles. The van der Waals surface area contributed by atoms with Gasteiger partial charge in [-0.1, -0.05) is 37.0 Å². The zero-order valence-corrected chi connectivity index (χ0v) is 13.4. The molecule has 1 atom stereocenters. The van der Waals surface area contributed by atoms with Gasteiger partial charge in [0.1, 0.15) is 0 Å². The van der Waals surface area contributed by atoms with E-state index in [4.69, 9.17) is 0 Å². The lowest BCUT2D eigenvalue weighted by atomic mass is 9.90. The third-order valence-corrected chi connectivity index (χ3v) is 5.90. The smallest absolute Gasteiger partial charge is 0.0421 e. The highest BCUT2D eigenvalue weighted by Gasteiger charge is 2.34. The fourth-order valence-corrected chi connectivity index (χ4v) is 4.74. The van der Waals surface area contributed by atoms with Crippen molar-refractivity contribution >= 4 is 5.69 Å². The summed E-state index contributed by atoms with van der Waals surface area (Å²) in [4.78, 5) is 5.52. The van der Waals surface area contributed by atoms with Crippen LogP contribution in [0.5, 0.6) is 0 Å². The van der Waals surface area contributed by atoms with Crippen LogP contribution in [0, 0.1) is 6.92 Å². The van der Waals surface area contributed by atoms with Gasteiger partial charge in [-0.2, -0.15) is 0 Å². The van der Waals surface area contributed by atoms with Crippen molar-refractivity contribution in [2.75, 3.05) is 24.5 Å². The Morgan fingerprint density at radius 2 is 1.81 bits per heavy atom. The van der Waals surface area contributed by atoms with E-state index in [0.29, 0.717) is 0 Å². The Balaban J connectivity index is 1.49. The van der Waals surface area contributed by atoms with Gasteiger partial charge in [0.25, 0.3) is 0 Å². The van der Waals surface area contributed by atoms with Crippen LogP contribution >= 0.6 is 0 Å². The van der Waals surface area contributed by atoms with Crippen LogP contribution in [-0.2, 0) is 6.42 Å². The van der Waals surface area contributed by atoms with Crippen LogP contribution in [-0.4, -0.2) is 36.6 Å². The molecule has 1 unspecified atom stereocenters. The van der Waals surface area contributed by atoms with Crippen molar-refractivity contribution < 1.29 is 0 Å². The number of nitrogens with zero attached hydrogens (tertiary/aromatic N) is 2. The van der Waals surface area contributed by atoms with Crippen molar-refractivity contribution in [1.29, 1.82) is 0 Å². The number of aryl methyl sites for hydroxylation is 2. The van der Waals surface area contributed by atoms with Gasteiger partial charge in [0, 0.05) is 37.4 Å². The van der Waals surface area contributed by atoms with Crippen LogP contribution in [0.3, 0.4) is 0 Å². The van der Waals surface area contributed by atoms with Crippen molar-refractivity contribution in [2.24, 2.45) is 0 Å². The molecule has 0 N–H and O–H groups in total. The van der Waals surface area contributed by atoms with Crippen LogP contribution in [0.4, 0.5) is 5.69 Å². The van der Waals surface area contributed by atoms with Gasteiger partial charge in [0.05, 0.1) is 0 Å². The van der Waals surface area contributed by atoms with E-state index in [1.807, 2.05) is 0 Å². The van der Waals surface area contributed by atoms with Crippen LogP contribution in [0.25, 0.3) is 0 Å². The Kier molecular flexibility index (Phi) is 3.66. The molecule has 114 valence electrons. The molecule has 21 heavy (non-hydrogen) atoms. The summed E-state index contributed by atoms with van der Waals surface area (Å²) in [6.45, 7) is 6.02. The van der Waals surface area contributed by atoms with E-state index in [9.17, 15) is 0 Å². The highest BCUT2D eigenvalue weighted by Crippen LogP contribution is 2.34.